The molecule has 2 aromatic rings. The van der Waals surface area contributed by atoms with Crippen LogP contribution in [0.2, 0.25) is 0 Å². The van der Waals surface area contributed by atoms with Crippen molar-refractivity contribution >= 4 is 22.7 Å². The summed E-state index contributed by atoms with van der Waals surface area (Å²) in [6, 6.07) is 5.67. The lowest BCUT2D eigenvalue weighted by Crippen LogP contribution is -2.00. The van der Waals surface area contributed by atoms with Crippen molar-refractivity contribution in [3.63, 3.8) is 0 Å². The topological polar surface area (TPSA) is 55.7 Å². The highest BCUT2D eigenvalue weighted by atomic mass is 32.1. The summed E-state index contributed by atoms with van der Waals surface area (Å²) in [5.41, 5.74) is 4.79. The first-order valence-corrected chi connectivity index (χ1v) is 7.82. The maximum Gasteiger partial charge on any atom is 0.203 e. The highest BCUT2D eigenvalue weighted by molar-refractivity contribution is 7.13. The maximum absolute atomic E-state index is 5.59. The van der Waals surface area contributed by atoms with E-state index in [1.54, 1.807) is 12.3 Å². The molecular weight excluding hydrogens is 298 g/mol. The van der Waals surface area contributed by atoms with Gasteiger partial charge in [-0.05, 0) is 37.6 Å². The number of nitrogens with zero attached hydrogens (tertiary/aromatic N) is 2. The number of aromatic nitrogens is 1. The van der Waals surface area contributed by atoms with Gasteiger partial charge in [-0.15, -0.1) is 11.3 Å². The van der Waals surface area contributed by atoms with Crippen LogP contribution in [0.15, 0.2) is 41.3 Å². The van der Waals surface area contributed by atoms with E-state index in [2.05, 4.69) is 22.1 Å². The molecule has 0 saturated heterocycles. The fourth-order valence-corrected chi connectivity index (χ4v) is 2.35. The molecule has 116 valence electrons. The third kappa shape index (κ3) is 4.60. The summed E-state index contributed by atoms with van der Waals surface area (Å²) < 4.78 is 11.1. The van der Waals surface area contributed by atoms with E-state index in [1.165, 1.54) is 11.3 Å². The molecule has 0 unspecified atom stereocenters. The minimum absolute atomic E-state index is 0.443. The van der Waals surface area contributed by atoms with Crippen LogP contribution in [0.5, 0.6) is 11.5 Å². The van der Waals surface area contributed by atoms with Crippen LogP contribution < -0.4 is 14.9 Å². The summed E-state index contributed by atoms with van der Waals surface area (Å²) in [7, 11) is 0. The third-order valence-corrected chi connectivity index (χ3v) is 3.48. The average Bonchev–Trinajstić information content (AvgIpc) is 2.92. The Labute approximate surface area is 134 Å². The van der Waals surface area contributed by atoms with Gasteiger partial charge < -0.3 is 9.47 Å². The molecule has 0 bridgehead atoms. The van der Waals surface area contributed by atoms with Gasteiger partial charge >= 0.3 is 0 Å². The van der Waals surface area contributed by atoms with E-state index < -0.39 is 0 Å². The van der Waals surface area contributed by atoms with Crippen LogP contribution >= 0.6 is 11.3 Å². The predicted molar refractivity (Wildman–Crippen MR) is 91.4 cm³/mol. The molecule has 0 radical (unpaired) electrons. The first-order valence-electron chi connectivity index (χ1n) is 6.94. The highest BCUT2D eigenvalue weighted by Gasteiger charge is 2.05. The summed E-state index contributed by atoms with van der Waals surface area (Å²) in [6.07, 6.45) is 3.42. The Morgan fingerprint density at radius 2 is 2.23 bits per heavy atom. The molecule has 0 atom stereocenters. The van der Waals surface area contributed by atoms with E-state index in [0.717, 1.165) is 16.4 Å². The Hall–Kier alpha value is -2.34. The molecule has 6 heteroatoms. The maximum atomic E-state index is 5.59. The van der Waals surface area contributed by atoms with Crippen molar-refractivity contribution in [2.24, 2.45) is 5.10 Å². The number of thiazole rings is 1. The molecule has 22 heavy (non-hydrogen) atoms. The van der Waals surface area contributed by atoms with Crippen molar-refractivity contribution in [3.05, 3.63) is 47.5 Å². The van der Waals surface area contributed by atoms with Gasteiger partial charge in [0.1, 0.15) is 6.61 Å². The number of nitrogens with one attached hydrogen (secondary N) is 1. The molecule has 0 aliphatic rings. The van der Waals surface area contributed by atoms with E-state index in [0.29, 0.717) is 24.7 Å². The largest absolute Gasteiger partial charge is 0.490 e. The first-order chi connectivity index (χ1) is 10.7. The Kier molecular flexibility index (Phi) is 5.97. The molecule has 1 aromatic carbocycles. The normalized spacial score (nSPS) is 10.6. The standard InChI is InChI=1S/C16H19N3O2S/c1-4-8-21-14-7-6-13(9-15(14)20-5-2)10-17-19-16-18-12(3)11-22-16/h4,6-7,9-11H,1,5,8H2,2-3H3,(H,18,19). The fraction of sp³-hybridized carbons (Fsp3) is 0.250. The minimum atomic E-state index is 0.443. The van der Waals surface area contributed by atoms with Crippen molar-refractivity contribution in [2.45, 2.75) is 13.8 Å². The summed E-state index contributed by atoms with van der Waals surface area (Å²) in [5, 5.41) is 6.92. The van der Waals surface area contributed by atoms with E-state index in [1.807, 2.05) is 37.4 Å². The second-order valence-electron chi connectivity index (χ2n) is 4.40. The molecule has 5 nitrogen and oxygen atoms in total. The quantitative estimate of drug-likeness (QED) is 0.456. The first kappa shape index (κ1) is 16.0. The molecule has 0 spiro atoms. The van der Waals surface area contributed by atoms with Gasteiger partial charge in [0, 0.05) is 5.38 Å². The summed E-state index contributed by atoms with van der Waals surface area (Å²) in [4.78, 5) is 4.28. The van der Waals surface area contributed by atoms with E-state index >= 15 is 0 Å². The lowest BCUT2D eigenvalue weighted by molar-refractivity contribution is 0.297. The van der Waals surface area contributed by atoms with Crippen molar-refractivity contribution in [1.82, 2.24) is 4.98 Å². The van der Waals surface area contributed by atoms with E-state index in [9.17, 15) is 0 Å². The van der Waals surface area contributed by atoms with E-state index in [4.69, 9.17) is 9.47 Å². The smallest absolute Gasteiger partial charge is 0.203 e. The van der Waals surface area contributed by atoms with Crippen LogP contribution in [0.1, 0.15) is 18.2 Å². The van der Waals surface area contributed by atoms with Crippen LogP contribution in [0.3, 0.4) is 0 Å². The summed E-state index contributed by atoms with van der Waals surface area (Å²) in [6.45, 7) is 8.53. The van der Waals surface area contributed by atoms with Gasteiger partial charge in [0.2, 0.25) is 5.13 Å². The fourth-order valence-electron chi connectivity index (χ4n) is 1.71. The van der Waals surface area contributed by atoms with Crippen molar-refractivity contribution < 1.29 is 9.47 Å². The zero-order valence-electron chi connectivity index (χ0n) is 12.7. The van der Waals surface area contributed by atoms with Gasteiger partial charge in [0.05, 0.1) is 18.5 Å². The number of hydrogen-bond acceptors (Lipinski definition) is 6. The molecule has 0 amide bonds. The van der Waals surface area contributed by atoms with Crippen LogP contribution in [-0.4, -0.2) is 24.4 Å². The molecule has 1 aromatic heterocycles. The number of hydrazone groups is 1. The monoisotopic (exact) mass is 317 g/mol. The van der Waals surface area contributed by atoms with Crippen LogP contribution in [-0.2, 0) is 0 Å². The molecular formula is C16H19N3O2S. The average molecular weight is 317 g/mol. The molecule has 1 heterocycles. The van der Waals surface area contributed by atoms with Gasteiger partial charge in [-0.1, -0.05) is 12.7 Å². The van der Waals surface area contributed by atoms with Crippen LogP contribution in [0.4, 0.5) is 5.13 Å². The number of anilines is 1. The third-order valence-electron chi connectivity index (χ3n) is 2.62. The van der Waals surface area contributed by atoms with Gasteiger partial charge in [-0.25, -0.2) is 4.98 Å². The Bertz CT molecular complexity index is 653. The molecule has 0 aliphatic carbocycles. The molecule has 2 rings (SSSR count). The van der Waals surface area contributed by atoms with Crippen molar-refractivity contribution in [1.29, 1.82) is 0 Å². The van der Waals surface area contributed by atoms with Gasteiger partial charge in [-0.2, -0.15) is 5.10 Å². The zero-order valence-corrected chi connectivity index (χ0v) is 13.5. The molecule has 0 fully saturated rings. The van der Waals surface area contributed by atoms with Crippen molar-refractivity contribution in [2.75, 3.05) is 18.6 Å². The lowest BCUT2D eigenvalue weighted by atomic mass is 10.2. The SMILES string of the molecule is C=CCOc1ccc(C=NNc2nc(C)cs2)cc1OCC. The number of hydrogen-bond donors (Lipinski definition) is 1. The van der Waals surface area contributed by atoms with Gasteiger partial charge in [0.15, 0.2) is 11.5 Å². The number of aryl methyl sites for hydroxylation is 1. The molecule has 0 aliphatic heterocycles. The molecule has 0 saturated carbocycles. The Morgan fingerprint density at radius 1 is 1.36 bits per heavy atom. The Morgan fingerprint density at radius 3 is 2.91 bits per heavy atom. The minimum Gasteiger partial charge on any atom is -0.490 e. The van der Waals surface area contributed by atoms with Crippen LogP contribution in [0.25, 0.3) is 0 Å². The number of ether oxygens (including phenoxy) is 2. The predicted octanol–water partition coefficient (Wildman–Crippen LogP) is 3.86. The second kappa shape index (κ2) is 8.19. The van der Waals surface area contributed by atoms with Gasteiger partial charge in [-0.3, -0.25) is 5.43 Å². The van der Waals surface area contributed by atoms with Crippen molar-refractivity contribution in [3.8, 4) is 11.5 Å². The summed E-state index contributed by atoms with van der Waals surface area (Å²) in [5.74, 6) is 1.39. The number of benzene rings is 1. The summed E-state index contributed by atoms with van der Waals surface area (Å²) >= 11 is 1.52. The lowest BCUT2D eigenvalue weighted by Gasteiger charge is -2.11. The Balaban J connectivity index is 2.06. The van der Waals surface area contributed by atoms with E-state index in [-0.39, 0.29) is 0 Å². The highest BCUT2D eigenvalue weighted by Crippen LogP contribution is 2.28. The molecule has 1 N–H and O–H groups in total. The van der Waals surface area contributed by atoms with Crippen LogP contribution in [0, 0.1) is 6.92 Å². The van der Waals surface area contributed by atoms with Gasteiger partial charge in [0.25, 0.3) is 0 Å². The number of rotatable bonds is 8. The zero-order chi connectivity index (χ0) is 15.8. The second-order valence-corrected chi connectivity index (χ2v) is 5.26.